The van der Waals surface area contributed by atoms with Crippen LogP contribution < -0.4 is 5.32 Å². The summed E-state index contributed by atoms with van der Waals surface area (Å²) in [7, 11) is 0. The second kappa shape index (κ2) is 3.74. The maximum atomic E-state index is 10.0. The van der Waals surface area contributed by atoms with Crippen molar-refractivity contribution < 1.29 is 4.79 Å². The Morgan fingerprint density at radius 2 is 2.33 bits per heavy atom. The number of hydrogen-bond donors (Lipinski definition) is 1. The molecule has 0 aromatic heterocycles. The Bertz CT molecular complexity index is 343. The fourth-order valence-corrected chi connectivity index (χ4v) is 0.986. The summed E-state index contributed by atoms with van der Waals surface area (Å²) in [6.45, 7) is 0. The Morgan fingerprint density at radius 3 is 2.83 bits per heavy atom. The van der Waals surface area contributed by atoms with Gasteiger partial charge in [-0.25, -0.2) is 0 Å². The van der Waals surface area contributed by atoms with Gasteiger partial charge in [-0.05, 0) is 18.2 Å². The number of nitrogens with zero attached hydrogens (tertiary/aromatic N) is 1. The molecule has 0 saturated carbocycles. The molecule has 0 heterocycles. The van der Waals surface area contributed by atoms with Gasteiger partial charge in [0.1, 0.15) is 6.07 Å². The number of anilines is 1. The molecule has 1 amide bonds. The van der Waals surface area contributed by atoms with E-state index in [2.05, 4.69) is 5.32 Å². The van der Waals surface area contributed by atoms with Gasteiger partial charge >= 0.3 is 0 Å². The SMILES string of the molecule is N#Cc1ccc(NC=O)cc1Cl. The second-order valence-corrected chi connectivity index (χ2v) is 2.48. The van der Waals surface area contributed by atoms with Crippen molar-refractivity contribution in [1.29, 1.82) is 5.26 Å². The van der Waals surface area contributed by atoms with E-state index in [1.807, 2.05) is 6.07 Å². The predicted octanol–water partition coefficient (Wildman–Crippen LogP) is 1.78. The fraction of sp³-hybridized carbons (Fsp3) is 0. The van der Waals surface area contributed by atoms with Crippen molar-refractivity contribution >= 4 is 23.7 Å². The largest absolute Gasteiger partial charge is 0.329 e. The van der Waals surface area contributed by atoms with Gasteiger partial charge in [-0.2, -0.15) is 5.26 Å². The Kier molecular flexibility index (Phi) is 2.67. The molecule has 3 nitrogen and oxygen atoms in total. The number of nitrogens with one attached hydrogen (secondary N) is 1. The maximum Gasteiger partial charge on any atom is 0.211 e. The highest BCUT2D eigenvalue weighted by Crippen LogP contribution is 2.19. The number of carbonyl (C=O) groups excluding carboxylic acids is 1. The molecule has 0 spiro atoms. The second-order valence-electron chi connectivity index (χ2n) is 2.07. The van der Waals surface area contributed by atoms with Crippen molar-refractivity contribution in [2.24, 2.45) is 0 Å². The maximum absolute atomic E-state index is 10.0. The van der Waals surface area contributed by atoms with Gasteiger partial charge in [-0.3, -0.25) is 4.79 Å². The molecule has 1 aromatic rings. The van der Waals surface area contributed by atoms with Crippen LogP contribution in [0.2, 0.25) is 5.02 Å². The topological polar surface area (TPSA) is 52.9 Å². The van der Waals surface area contributed by atoms with Gasteiger partial charge in [0.2, 0.25) is 6.41 Å². The van der Waals surface area contributed by atoms with E-state index in [-0.39, 0.29) is 0 Å². The average Bonchev–Trinajstić information content (AvgIpc) is 2.05. The molecule has 0 radical (unpaired) electrons. The minimum absolute atomic E-state index is 0.337. The lowest BCUT2D eigenvalue weighted by Gasteiger charge is -1.99. The van der Waals surface area contributed by atoms with E-state index in [4.69, 9.17) is 16.9 Å². The summed E-state index contributed by atoms with van der Waals surface area (Å²) < 4.78 is 0. The first-order valence-electron chi connectivity index (χ1n) is 3.18. The van der Waals surface area contributed by atoms with Crippen LogP contribution in [0.15, 0.2) is 18.2 Å². The Morgan fingerprint density at radius 1 is 1.58 bits per heavy atom. The molecule has 0 bridgehead atoms. The first-order valence-corrected chi connectivity index (χ1v) is 3.55. The molecule has 1 aromatic carbocycles. The molecule has 0 fully saturated rings. The lowest BCUT2D eigenvalue weighted by molar-refractivity contribution is -0.105. The van der Waals surface area contributed by atoms with Crippen LogP contribution in [0, 0.1) is 11.3 Å². The Hall–Kier alpha value is -1.53. The van der Waals surface area contributed by atoms with Crippen molar-refractivity contribution in [2.75, 3.05) is 5.32 Å². The zero-order valence-corrected chi connectivity index (χ0v) is 6.80. The number of benzene rings is 1. The van der Waals surface area contributed by atoms with Crippen molar-refractivity contribution in [3.05, 3.63) is 28.8 Å². The van der Waals surface area contributed by atoms with Crippen LogP contribution in [0.4, 0.5) is 5.69 Å². The number of nitriles is 1. The van der Waals surface area contributed by atoms with Crippen molar-refractivity contribution in [2.45, 2.75) is 0 Å². The van der Waals surface area contributed by atoms with Gasteiger partial charge in [-0.1, -0.05) is 11.6 Å². The van der Waals surface area contributed by atoms with E-state index in [1.165, 1.54) is 6.07 Å². The average molecular weight is 181 g/mol. The minimum atomic E-state index is 0.337. The zero-order chi connectivity index (χ0) is 8.97. The van der Waals surface area contributed by atoms with E-state index in [0.29, 0.717) is 22.7 Å². The van der Waals surface area contributed by atoms with Crippen LogP contribution in [-0.2, 0) is 4.79 Å². The molecule has 12 heavy (non-hydrogen) atoms. The predicted molar refractivity (Wildman–Crippen MR) is 45.9 cm³/mol. The molecular weight excluding hydrogens is 176 g/mol. The van der Waals surface area contributed by atoms with Crippen LogP contribution in [0.1, 0.15) is 5.56 Å². The van der Waals surface area contributed by atoms with E-state index >= 15 is 0 Å². The van der Waals surface area contributed by atoms with Crippen molar-refractivity contribution in [3.63, 3.8) is 0 Å². The molecule has 60 valence electrons. The van der Waals surface area contributed by atoms with Gasteiger partial charge in [0.05, 0.1) is 10.6 Å². The fourth-order valence-electron chi connectivity index (χ4n) is 0.764. The monoisotopic (exact) mass is 180 g/mol. The van der Waals surface area contributed by atoms with Gasteiger partial charge < -0.3 is 5.32 Å². The van der Waals surface area contributed by atoms with E-state index < -0.39 is 0 Å². The Labute approximate surface area is 74.6 Å². The number of hydrogen-bond acceptors (Lipinski definition) is 2. The van der Waals surface area contributed by atoms with Crippen LogP contribution >= 0.6 is 11.6 Å². The highest BCUT2D eigenvalue weighted by atomic mass is 35.5. The van der Waals surface area contributed by atoms with E-state index in [1.54, 1.807) is 12.1 Å². The van der Waals surface area contributed by atoms with Crippen LogP contribution in [0.5, 0.6) is 0 Å². The summed E-state index contributed by atoms with van der Waals surface area (Å²) in [5, 5.41) is 11.3. The number of carbonyl (C=O) groups is 1. The molecular formula is C8H5ClN2O. The summed E-state index contributed by atoms with van der Waals surface area (Å²) in [6.07, 6.45) is 0.553. The number of rotatable bonds is 2. The normalized spacial score (nSPS) is 8.67. The summed E-state index contributed by atoms with van der Waals surface area (Å²) in [6, 6.07) is 6.60. The lowest BCUT2D eigenvalue weighted by atomic mass is 10.2. The number of halogens is 1. The Balaban J connectivity index is 3.03. The van der Waals surface area contributed by atoms with E-state index in [9.17, 15) is 4.79 Å². The first-order chi connectivity index (χ1) is 5.77. The molecule has 0 unspecified atom stereocenters. The van der Waals surface area contributed by atoms with Gasteiger partial charge in [0.25, 0.3) is 0 Å². The summed E-state index contributed by atoms with van der Waals surface area (Å²) >= 11 is 5.69. The molecule has 1 rings (SSSR count). The molecule has 0 atom stereocenters. The van der Waals surface area contributed by atoms with E-state index in [0.717, 1.165) is 0 Å². The van der Waals surface area contributed by atoms with Gasteiger partial charge in [0, 0.05) is 5.69 Å². The molecule has 0 aliphatic heterocycles. The third-order valence-electron chi connectivity index (χ3n) is 1.32. The van der Waals surface area contributed by atoms with Crippen molar-refractivity contribution in [1.82, 2.24) is 0 Å². The third-order valence-corrected chi connectivity index (χ3v) is 1.63. The van der Waals surface area contributed by atoms with Crippen LogP contribution in [0.3, 0.4) is 0 Å². The molecule has 0 aliphatic carbocycles. The van der Waals surface area contributed by atoms with Crippen LogP contribution in [0.25, 0.3) is 0 Å². The quantitative estimate of drug-likeness (QED) is 0.706. The first kappa shape index (κ1) is 8.57. The smallest absolute Gasteiger partial charge is 0.211 e. The van der Waals surface area contributed by atoms with Crippen molar-refractivity contribution in [3.8, 4) is 6.07 Å². The highest BCUT2D eigenvalue weighted by molar-refractivity contribution is 6.32. The summed E-state index contributed by atoms with van der Waals surface area (Å²) in [4.78, 5) is 10.0. The highest BCUT2D eigenvalue weighted by Gasteiger charge is 1.99. The molecule has 1 N–H and O–H groups in total. The van der Waals surface area contributed by atoms with Crippen LogP contribution in [-0.4, -0.2) is 6.41 Å². The van der Waals surface area contributed by atoms with Gasteiger partial charge in [-0.15, -0.1) is 0 Å². The lowest BCUT2D eigenvalue weighted by Crippen LogP contribution is -1.93. The summed E-state index contributed by atoms with van der Waals surface area (Å²) in [5.41, 5.74) is 0.974. The van der Waals surface area contributed by atoms with Gasteiger partial charge in [0.15, 0.2) is 0 Å². The number of amides is 1. The molecule has 4 heteroatoms. The molecule has 0 saturated heterocycles. The standard InChI is InChI=1S/C8H5ClN2O/c9-8-3-7(11-5-12)2-1-6(8)4-10/h1-3,5H,(H,11,12). The molecule has 0 aliphatic rings. The minimum Gasteiger partial charge on any atom is -0.329 e. The third kappa shape index (κ3) is 1.74. The summed E-state index contributed by atoms with van der Waals surface area (Å²) in [5.74, 6) is 0. The zero-order valence-electron chi connectivity index (χ0n) is 6.04.